The van der Waals surface area contributed by atoms with E-state index in [1.165, 1.54) is 0 Å². The number of benzene rings is 1. The van der Waals surface area contributed by atoms with E-state index in [9.17, 15) is 29.7 Å². The van der Waals surface area contributed by atoms with Gasteiger partial charge in [0.1, 0.15) is 0 Å². The van der Waals surface area contributed by atoms with E-state index in [-0.39, 0.29) is 19.6 Å². The van der Waals surface area contributed by atoms with Gasteiger partial charge in [-0.15, -0.1) is 0 Å². The Morgan fingerprint density at radius 1 is 0.714 bits per heavy atom. The van der Waals surface area contributed by atoms with Gasteiger partial charge in [0.2, 0.25) is 0 Å². The first-order valence-corrected chi connectivity index (χ1v) is 11.9. The molecule has 0 saturated carbocycles. The molecule has 1 saturated heterocycles. The summed E-state index contributed by atoms with van der Waals surface area (Å²) in [7, 11) is 0. The lowest BCUT2D eigenvalue weighted by Gasteiger charge is -2.33. The van der Waals surface area contributed by atoms with Crippen molar-refractivity contribution < 1.29 is 29.7 Å². The molecular weight excluding hydrogens is 474 g/mol. The van der Waals surface area contributed by atoms with Crippen LogP contribution in [0.2, 0.25) is 0 Å². The van der Waals surface area contributed by atoms with Gasteiger partial charge in [-0.25, -0.2) is 0 Å². The van der Waals surface area contributed by atoms with Gasteiger partial charge in [-0.1, -0.05) is 12.1 Å². The number of carboxylic acid groups (broad SMARTS) is 3. The average molecular weight is 508 g/mol. The first-order chi connectivity index (χ1) is 16.7. The zero-order chi connectivity index (χ0) is 25.6. The van der Waals surface area contributed by atoms with Gasteiger partial charge in [-0.05, 0) is 36.3 Å². The topological polar surface area (TPSA) is 137 Å². The third kappa shape index (κ3) is 12.0. The Morgan fingerprint density at radius 2 is 1.09 bits per heavy atom. The maximum absolute atomic E-state index is 11.4. The highest BCUT2D eigenvalue weighted by Gasteiger charge is 2.20. The smallest absolute Gasteiger partial charge is 0.317 e. The van der Waals surface area contributed by atoms with Crippen LogP contribution in [0.15, 0.2) is 29.3 Å². The largest absolute Gasteiger partial charge is 0.480 e. The van der Waals surface area contributed by atoms with E-state index < -0.39 is 17.9 Å². The minimum absolute atomic E-state index is 0.123. The predicted molar refractivity (Wildman–Crippen MR) is 133 cm³/mol. The number of carboxylic acids is 3. The number of nitrogens with zero attached hydrogens (tertiary/aromatic N) is 5. The zero-order valence-electron chi connectivity index (χ0n) is 19.7. The molecule has 0 aromatic heterocycles. The van der Waals surface area contributed by atoms with Gasteiger partial charge >= 0.3 is 17.9 Å². The lowest BCUT2D eigenvalue weighted by atomic mass is 10.1. The van der Waals surface area contributed by atoms with E-state index >= 15 is 0 Å². The summed E-state index contributed by atoms with van der Waals surface area (Å²) in [4.78, 5) is 45.5. The number of rotatable bonds is 10. The normalized spacial score (nSPS) is 17.6. The van der Waals surface area contributed by atoms with Crippen LogP contribution in [0.1, 0.15) is 5.56 Å². The minimum atomic E-state index is -0.972. The van der Waals surface area contributed by atoms with Crippen LogP contribution in [-0.2, 0) is 20.8 Å². The van der Waals surface area contributed by atoms with Gasteiger partial charge < -0.3 is 20.2 Å². The van der Waals surface area contributed by atoms with Gasteiger partial charge in [-0.3, -0.25) is 29.1 Å². The van der Waals surface area contributed by atoms with Gasteiger partial charge in [-0.2, -0.15) is 4.99 Å². The standard InChI is InChI=1S/C23H33N5O6S/c29-21(30)15-26-9-7-25(6-5-19-1-3-20(4-2-19)24-18-35)8-10-27(16-22(31)32)12-14-28(13-11-26)17-23(33)34/h1-4H,5-17H2,(H,29,30)(H,31,32)(H,33,34). The second kappa shape index (κ2) is 15.3. The van der Waals surface area contributed by atoms with E-state index in [2.05, 4.69) is 27.3 Å². The van der Waals surface area contributed by atoms with Crippen molar-refractivity contribution in [2.75, 3.05) is 78.5 Å². The van der Waals surface area contributed by atoms with Gasteiger partial charge in [0.05, 0.1) is 30.5 Å². The van der Waals surface area contributed by atoms with Gasteiger partial charge in [0.15, 0.2) is 0 Å². The molecule has 0 unspecified atom stereocenters. The third-order valence-corrected chi connectivity index (χ3v) is 5.93. The highest BCUT2D eigenvalue weighted by atomic mass is 32.1. The fraction of sp³-hybridized carbons (Fsp3) is 0.565. The Bertz CT molecular complexity index is 861. The number of hydrogen-bond donors (Lipinski definition) is 3. The van der Waals surface area contributed by atoms with Crippen LogP contribution in [0.3, 0.4) is 0 Å². The Labute approximate surface area is 210 Å². The summed E-state index contributed by atoms with van der Waals surface area (Å²) in [5.74, 6) is -2.83. The summed E-state index contributed by atoms with van der Waals surface area (Å²) in [6.45, 7) is 4.13. The number of aliphatic carboxylic acids is 3. The average Bonchev–Trinajstić information content (AvgIpc) is 2.78. The Balaban J connectivity index is 2.10. The minimum Gasteiger partial charge on any atom is -0.480 e. The summed E-state index contributed by atoms with van der Waals surface area (Å²) in [6, 6.07) is 7.70. The Hall–Kier alpha value is -2.73. The number of aliphatic imine (C=N–C) groups is 1. The molecule has 35 heavy (non-hydrogen) atoms. The van der Waals surface area contributed by atoms with Crippen molar-refractivity contribution in [3.8, 4) is 0 Å². The van der Waals surface area contributed by atoms with Gasteiger partial charge in [0.25, 0.3) is 0 Å². The summed E-state index contributed by atoms with van der Waals surface area (Å²) in [5.41, 5.74) is 1.86. The first kappa shape index (κ1) is 28.5. The Kier molecular flexibility index (Phi) is 12.5. The summed E-state index contributed by atoms with van der Waals surface area (Å²) >= 11 is 4.63. The molecule has 2 rings (SSSR count). The quantitative estimate of drug-likeness (QED) is 0.300. The van der Waals surface area contributed by atoms with Crippen molar-refractivity contribution >= 4 is 41.0 Å². The molecule has 1 aromatic carbocycles. The maximum Gasteiger partial charge on any atom is 0.317 e. The summed E-state index contributed by atoms with van der Waals surface area (Å²) in [5, 5.41) is 30.2. The van der Waals surface area contributed by atoms with Crippen LogP contribution >= 0.6 is 12.2 Å². The van der Waals surface area contributed by atoms with Crippen LogP contribution in [0.5, 0.6) is 0 Å². The number of carbonyl (C=O) groups is 3. The van der Waals surface area contributed by atoms with Crippen molar-refractivity contribution in [1.29, 1.82) is 0 Å². The fourth-order valence-corrected chi connectivity index (χ4v) is 4.03. The van der Waals surface area contributed by atoms with E-state index in [0.29, 0.717) is 52.4 Å². The number of hydrogen-bond acceptors (Lipinski definition) is 9. The molecular formula is C23H33N5O6S. The molecule has 0 amide bonds. The van der Waals surface area contributed by atoms with Crippen molar-refractivity contribution in [2.24, 2.45) is 4.99 Å². The third-order valence-electron chi connectivity index (χ3n) is 5.83. The molecule has 192 valence electrons. The molecule has 0 bridgehead atoms. The lowest BCUT2D eigenvalue weighted by molar-refractivity contribution is -0.140. The predicted octanol–water partition coefficient (Wildman–Crippen LogP) is 0.439. The molecule has 0 aliphatic carbocycles. The molecule has 1 heterocycles. The second-order valence-electron chi connectivity index (χ2n) is 8.47. The molecule has 3 N–H and O–H groups in total. The molecule has 1 aliphatic rings. The van der Waals surface area contributed by atoms with Gasteiger partial charge in [0, 0.05) is 58.9 Å². The van der Waals surface area contributed by atoms with Crippen LogP contribution in [0.4, 0.5) is 5.69 Å². The van der Waals surface area contributed by atoms with Crippen LogP contribution in [0, 0.1) is 0 Å². The maximum atomic E-state index is 11.4. The molecule has 1 aliphatic heterocycles. The monoisotopic (exact) mass is 507 g/mol. The van der Waals surface area contributed by atoms with E-state index in [1.807, 2.05) is 34.1 Å². The highest BCUT2D eigenvalue weighted by Crippen LogP contribution is 2.13. The number of isothiocyanates is 1. The molecule has 12 heteroatoms. The van der Waals surface area contributed by atoms with Crippen molar-refractivity contribution in [3.05, 3.63) is 29.8 Å². The molecule has 1 aromatic rings. The van der Waals surface area contributed by atoms with Crippen LogP contribution in [-0.4, -0.2) is 137 Å². The SMILES string of the molecule is O=C(O)CN1CCN(CCc2ccc(N=C=S)cc2)CCN(CC(=O)O)CCN(CC(=O)O)CC1. The van der Waals surface area contributed by atoms with Crippen molar-refractivity contribution in [3.63, 3.8) is 0 Å². The molecule has 11 nitrogen and oxygen atoms in total. The molecule has 0 spiro atoms. The van der Waals surface area contributed by atoms with Crippen LogP contribution < -0.4 is 0 Å². The Morgan fingerprint density at radius 3 is 1.43 bits per heavy atom. The number of thiocarbonyl (C=S) groups is 1. The van der Waals surface area contributed by atoms with E-state index in [4.69, 9.17) is 0 Å². The zero-order valence-corrected chi connectivity index (χ0v) is 20.5. The molecule has 0 radical (unpaired) electrons. The lowest BCUT2D eigenvalue weighted by Crippen LogP contribution is -2.48. The highest BCUT2D eigenvalue weighted by molar-refractivity contribution is 7.78. The first-order valence-electron chi connectivity index (χ1n) is 11.5. The fourth-order valence-electron chi connectivity index (χ4n) is 3.93. The molecule has 1 fully saturated rings. The summed E-state index contributed by atoms with van der Waals surface area (Å²) in [6.07, 6.45) is 0.770. The van der Waals surface area contributed by atoms with E-state index in [0.717, 1.165) is 24.2 Å². The molecule has 0 atom stereocenters. The van der Waals surface area contributed by atoms with Crippen LogP contribution in [0.25, 0.3) is 0 Å². The van der Waals surface area contributed by atoms with Crippen molar-refractivity contribution in [1.82, 2.24) is 19.6 Å². The van der Waals surface area contributed by atoms with E-state index in [1.54, 1.807) is 4.90 Å². The summed E-state index contributed by atoms with van der Waals surface area (Å²) < 4.78 is 0. The van der Waals surface area contributed by atoms with Crippen molar-refractivity contribution in [2.45, 2.75) is 6.42 Å². The second-order valence-corrected chi connectivity index (χ2v) is 8.65.